The molecule has 2 atom stereocenters. The SMILES string of the molecule is CC(N1CCN(C(=O)[C@@H](N)C(C)(C)C)CC1)C(F)(F)F.Cl.Cl. The summed E-state index contributed by atoms with van der Waals surface area (Å²) in [6.07, 6.45) is -4.23. The molecule has 4 nitrogen and oxygen atoms in total. The van der Waals surface area contributed by atoms with Crippen molar-refractivity contribution in [3.05, 3.63) is 0 Å². The molecule has 1 saturated heterocycles. The van der Waals surface area contributed by atoms with Gasteiger partial charge in [-0.3, -0.25) is 9.69 Å². The molecular formula is C13H26Cl2F3N3O. The van der Waals surface area contributed by atoms with Gasteiger partial charge in [0.2, 0.25) is 5.91 Å². The lowest BCUT2D eigenvalue weighted by molar-refractivity contribution is -0.183. The van der Waals surface area contributed by atoms with Gasteiger partial charge in [0.1, 0.15) is 6.04 Å². The van der Waals surface area contributed by atoms with Crippen molar-refractivity contribution in [3.8, 4) is 0 Å². The zero-order valence-corrected chi connectivity index (χ0v) is 14.9. The zero-order chi connectivity index (χ0) is 15.7. The monoisotopic (exact) mass is 367 g/mol. The molecule has 1 aliphatic heterocycles. The average molecular weight is 368 g/mol. The molecule has 134 valence electrons. The predicted molar refractivity (Wildman–Crippen MR) is 85.6 cm³/mol. The van der Waals surface area contributed by atoms with Crippen LogP contribution in [0.15, 0.2) is 0 Å². The first kappa shape index (κ1) is 24.0. The van der Waals surface area contributed by atoms with E-state index in [4.69, 9.17) is 5.73 Å². The van der Waals surface area contributed by atoms with Gasteiger partial charge in [-0.05, 0) is 12.3 Å². The largest absolute Gasteiger partial charge is 0.403 e. The highest BCUT2D eigenvalue weighted by atomic mass is 35.5. The summed E-state index contributed by atoms with van der Waals surface area (Å²) < 4.78 is 37.9. The molecule has 0 aromatic carbocycles. The Kier molecular flexibility index (Phi) is 9.35. The molecule has 22 heavy (non-hydrogen) atoms. The number of amides is 1. The molecule has 0 saturated carbocycles. The number of rotatable bonds is 2. The predicted octanol–water partition coefficient (Wildman–Crippen LogP) is 2.30. The first-order valence-corrected chi connectivity index (χ1v) is 6.79. The van der Waals surface area contributed by atoms with E-state index in [0.717, 1.165) is 6.92 Å². The fourth-order valence-electron chi connectivity index (χ4n) is 2.10. The number of nitrogens with zero attached hydrogens (tertiary/aromatic N) is 2. The number of piperazine rings is 1. The van der Waals surface area contributed by atoms with E-state index >= 15 is 0 Å². The van der Waals surface area contributed by atoms with Crippen molar-refractivity contribution in [2.24, 2.45) is 11.1 Å². The van der Waals surface area contributed by atoms with Gasteiger partial charge >= 0.3 is 6.18 Å². The van der Waals surface area contributed by atoms with E-state index in [9.17, 15) is 18.0 Å². The number of alkyl halides is 3. The standard InChI is InChI=1S/C13H24F3N3O.2ClH/c1-9(13(14,15)16)18-5-7-19(8-6-18)11(20)10(17)12(2,3)4;;/h9-10H,5-8,17H2,1-4H3;2*1H/t9?,10-;;/m1../s1. The Balaban J connectivity index is 0. The highest BCUT2D eigenvalue weighted by molar-refractivity contribution is 5.85. The second kappa shape index (κ2) is 8.57. The molecule has 1 heterocycles. The summed E-state index contributed by atoms with van der Waals surface area (Å²) in [5.41, 5.74) is 5.55. The number of nitrogens with two attached hydrogens (primary N) is 1. The number of hydrogen-bond acceptors (Lipinski definition) is 3. The molecule has 0 bridgehead atoms. The summed E-state index contributed by atoms with van der Waals surface area (Å²) in [6, 6.07) is -2.11. The Labute approximate surface area is 142 Å². The van der Waals surface area contributed by atoms with Crippen LogP contribution < -0.4 is 5.73 Å². The van der Waals surface area contributed by atoms with E-state index in [0.29, 0.717) is 13.1 Å². The minimum Gasteiger partial charge on any atom is -0.339 e. The van der Waals surface area contributed by atoms with E-state index in [1.165, 1.54) is 4.90 Å². The Morgan fingerprint density at radius 1 is 1.05 bits per heavy atom. The number of hydrogen-bond donors (Lipinski definition) is 1. The van der Waals surface area contributed by atoms with Crippen molar-refractivity contribution in [2.75, 3.05) is 26.2 Å². The van der Waals surface area contributed by atoms with Crippen molar-refractivity contribution in [2.45, 2.75) is 46.0 Å². The summed E-state index contributed by atoms with van der Waals surface area (Å²) in [4.78, 5) is 15.1. The summed E-state index contributed by atoms with van der Waals surface area (Å²) >= 11 is 0. The second-order valence-electron chi connectivity index (χ2n) is 6.42. The van der Waals surface area contributed by atoms with Gasteiger partial charge in [-0.25, -0.2) is 0 Å². The lowest BCUT2D eigenvalue weighted by atomic mass is 9.86. The van der Waals surface area contributed by atoms with Crippen LogP contribution in [0.5, 0.6) is 0 Å². The Bertz CT molecular complexity index is 353. The van der Waals surface area contributed by atoms with Crippen LogP contribution in [0.2, 0.25) is 0 Å². The minimum absolute atomic E-state index is 0. The van der Waals surface area contributed by atoms with Gasteiger partial charge in [-0.2, -0.15) is 13.2 Å². The van der Waals surface area contributed by atoms with Gasteiger partial charge in [0.05, 0.1) is 6.04 Å². The van der Waals surface area contributed by atoms with E-state index in [2.05, 4.69) is 0 Å². The van der Waals surface area contributed by atoms with Crippen molar-refractivity contribution in [1.82, 2.24) is 9.80 Å². The normalized spacial score (nSPS) is 19.7. The molecular weight excluding hydrogens is 342 g/mol. The molecule has 0 aromatic heterocycles. The van der Waals surface area contributed by atoms with E-state index < -0.39 is 18.3 Å². The van der Waals surface area contributed by atoms with Gasteiger partial charge in [-0.1, -0.05) is 20.8 Å². The third kappa shape index (κ3) is 6.10. The van der Waals surface area contributed by atoms with Gasteiger partial charge in [-0.15, -0.1) is 24.8 Å². The van der Waals surface area contributed by atoms with Crippen LogP contribution in [-0.2, 0) is 4.79 Å². The fraction of sp³-hybridized carbons (Fsp3) is 0.923. The first-order chi connectivity index (χ1) is 8.94. The van der Waals surface area contributed by atoms with Crippen LogP contribution >= 0.6 is 24.8 Å². The number of carbonyl (C=O) groups excluding carboxylic acids is 1. The lowest BCUT2D eigenvalue weighted by Crippen LogP contribution is -2.58. The van der Waals surface area contributed by atoms with Crippen LogP contribution in [0.1, 0.15) is 27.7 Å². The Hall–Kier alpha value is -0.240. The van der Waals surface area contributed by atoms with Crippen LogP contribution in [0.4, 0.5) is 13.2 Å². The molecule has 2 N–H and O–H groups in total. The van der Waals surface area contributed by atoms with Crippen LogP contribution in [0.25, 0.3) is 0 Å². The molecule has 1 aliphatic rings. The Morgan fingerprint density at radius 3 is 1.77 bits per heavy atom. The maximum atomic E-state index is 12.6. The molecule has 0 aliphatic carbocycles. The summed E-state index contributed by atoms with van der Waals surface area (Å²) in [6.45, 7) is 7.81. The summed E-state index contributed by atoms with van der Waals surface area (Å²) in [5, 5.41) is 0. The van der Waals surface area contributed by atoms with Crippen molar-refractivity contribution >= 4 is 30.7 Å². The quantitative estimate of drug-likeness (QED) is 0.814. The summed E-state index contributed by atoms with van der Waals surface area (Å²) in [7, 11) is 0. The van der Waals surface area contributed by atoms with E-state index in [1.54, 1.807) is 4.90 Å². The van der Waals surface area contributed by atoms with Crippen LogP contribution in [0, 0.1) is 5.41 Å². The highest BCUT2D eigenvalue weighted by Crippen LogP contribution is 2.26. The fourth-order valence-corrected chi connectivity index (χ4v) is 2.10. The van der Waals surface area contributed by atoms with Crippen molar-refractivity contribution in [1.29, 1.82) is 0 Å². The molecule has 1 unspecified atom stereocenters. The topological polar surface area (TPSA) is 49.6 Å². The third-order valence-electron chi connectivity index (χ3n) is 3.85. The number of carbonyl (C=O) groups is 1. The maximum absolute atomic E-state index is 12.6. The van der Waals surface area contributed by atoms with Crippen LogP contribution in [0.3, 0.4) is 0 Å². The van der Waals surface area contributed by atoms with Gasteiger partial charge in [0, 0.05) is 26.2 Å². The molecule has 1 amide bonds. The molecule has 0 aromatic rings. The van der Waals surface area contributed by atoms with E-state index in [-0.39, 0.29) is 49.2 Å². The van der Waals surface area contributed by atoms with E-state index in [1.807, 2.05) is 20.8 Å². The number of halogens is 5. The highest BCUT2D eigenvalue weighted by Gasteiger charge is 2.41. The Morgan fingerprint density at radius 2 is 1.45 bits per heavy atom. The van der Waals surface area contributed by atoms with Crippen molar-refractivity contribution in [3.63, 3.8) is 0 Å². The molecule has 1 fully saturated rings. The molecule has 0 spiro atoms. The zero-order valence-electron chi connectivity index (χ0n) is 13.3. The average Bonchev–Trinajstić information content (AvgIpc) is 2.34. The molecule has 1 rings (SSSR count). The maximum Gasteiger partial charge on any atom is 0.403 e. The lowest BCUT2D eigenvalue weighted by Gasteiger charge is -2.40. The third-order valence-corrected chi connectivity index (χ3v) is 3.85. The molecule has 0 radical (unpaired) electrons. The summed E-state index contributed by atoms with van der Waals surface area (Å²) in [5.74, 6) is -0.184. The second-order valence-corrected chi connectivity index (χ2v) is 6.42. The van der Waals surface area contributed by atoms with Crippen LogP contribution in [-0.4, -0.2) is 60.1 Å². The minimum atomic E-state index is -4.23. The smallest absolute Gasteiger partial charge is 0.339 e. The van der Waals surface area contributed by atoms with Gasteiger partial charge in [0.25, 0.3) is 0 Å². The van der Waals surface area contributed by atoms with Gasteiger partial charge in [0.15, 0.2) is 0 Å². The van der Waals surface area contributed by atoms with Gasteiger partial charge < -0.3 is 10.6 Å². The molecule has 9 heteroatoms. The first-order valence-electron chi connectivity index (χ1n) is 6.79. The van der Waals surface area contributed by atoms with Crippen molar-refractivity contribution < 1.29 is 18.0 Å².